The Bertz CT molecular complexity index is 686. The largest absolute Gasteiger partial charge is 0.280 e. The first-order valence-corrected chi connectivity index (χ1v) is 8.81. The minimum Gasteiger partial charge on any atom is -0.280 e. The molecule has 0 spiro atoms. The minimum atomic E-state index is 0.319. The fraction of sp³-hybridized carbons (Fsp3) is 0.500. The summed E-state index contributed by atoms with van der Waals surface area (Å²) in [6.45, 7) is 17.8. The van der Waals surface area contributed by atoms with Crippen molar-refractivity contribution in [1.82, 2.24) is 0 Å². The normalized spacial score (nSPS) is 22.2. The number of aryl methyl sites for hydroxylation is 2. The topological polar surface area (TPSA) is 12.4 Å². The highest BCUT2D eigenvalue weighted by Gasteiger charge is 2.28. The first-order valence-electron chi connectivity index (χ1n) is 8.81. The van der Waals surface area contributed by atoms with E-state index < -0.39 is 0 Å². The van der Waals surface area contributed by atoms with Crippen molar-refractivity contribution < 1.29 is 0 Å². The molecule has 0 saturated heterocycles. The molecule has 0 aliphatic carbocycles. The molecule has 2 unspecified atom stereocenters. The quantitative estimate of drug-likeness (QED) is 0.594. The van der Waals surface area contributed by atoms with Crippen LogP contribution in [0.5, 0.6) is 0 Å². The maximum atomic E-state index is 5.12. The summed E-state index contributed by atoms with van der Waals surface area (Å²) in [7, 11) is 0. The van der Waals surface area contributed by atoms with Gasteiger partial charge in [0.25, 0.3) is 0 Å². The Balaban J connectivity index is 2.78. The van der Waals surface area contributed by atoms with E-state index in [9.17, 15) is 0 Å². The standard InChI is InChI=1S/C22H31N/c1-9-10-19(16(6)13(2)3)22-20-12-14(4)11-15(5)21(20)17(7)18(8)23-22/h9-13,17-18H,1-8H3/b10-9-,19-16+. The fourth-order valence-electron chi connectivity index (χ4n) is 3.49. The van der Waals surface area contributed by atoms with Gasteiger partial charge < -0.3 is 0 Å². The highest BCUT2D eigenvalue weighted by atomic mass is 14.8. The summed E-state index contributed by atoms with van der Waals surface area (Å²) in [5, 5.41) is 0. The second-order valence-corrected chi connectivity index (χ2v) is 7.30. The van der Waals surface area contributed by atoms with Crippen molar-refractivity contribution in [2.24, 2.45) is 10.9 Å². The van der Waals surface area contributed by atoms with Gasteiger partial charge in [0, 0.05) is 11.5 Å². The van der Waals surface area contributed by atoms with E-state index in [2.05, 4.69) is 79.7 Å². The van der Waals surface area contributed by atoms with E-state index in [0.717, 1.165) is 0 Å². The minimum absolute atomic E-state index is 0.319. The first-order chi connectivity index (χ1) is 10.8. The highest BCUT2D eigenvalue weighted by Crippen LogP contribution is 2.36. The van der Waals surface area contributed by atoms with Gasteiger partial charge in [0.2, 0.25) is 0 Å². The van der Waals surface area contributed by atoms with Gasteiger partial charge in [-0.3, -0.25) is 4.99 Å². The van der Waals surface area contributed by atoms with Gasteiger partial charge in [-0.1, -0.05) is 50.1 Å². The Hall–Kier alpha value is -1.63. The summed E-state index contributed by atoms with van der Waals surface area (Å²) in [5.41, 5.74) is 9.42. The lowest BCUT2D eigenvalue weighted by Gasteiger charge is -2.31. The van der Waals surface area contributed by atoms with Gasteiger partial charge in [-0.2, -0.15) is 0 Å². The zero-order valence-corrected chi connectivity index (χ0v) is 16.0. The Morgan fingerprint density at radius 3 is 2.39 bits per heavy atom. The third kappa shape index (κ3) is 3.34. The molecular weight excluding hydrogens is 278 g/mol. The van der Waals surface area contributed by atoms with Gasteiger partial charge in [0.15, 0.2) is 0 Å². The monoisotopic (exact) mass is 309 g/mol. The molecule has 124 valence electrons. The van der Waals surface area contributed by atoms with Crippen molar-refractivity contribution in [2.75, 3.05) is 0 Å². The van der Waals surface area contributed by atoms with E-state index >= 15 is 0 Å². The lowest BCUT2D eigenvalue weighted by molar-refractivity contribution is 0.602. The van der Waals surface area contributed by atoms with Gasteiger partial charge in [0.1, 0.15) is 0 Å². The molecular formula is C22H31N. The Morgan fingerprint density at radius 1 is 1.17 bits per heavy atom. The molecule has 1 aromatic carbocycles. The molecule has 23 heavy (non-hydrogen) atoms. The summed E-state index contributed by atoms with van der Waals surface area (Å²) in [5.74, 6) is 0.994. The van der Waals surface area contributed by atoms with Crippen LogP contribution in [-0.4, -0.2) is 11.8 Å². The predicted molar refractivity (Wildman–Crippen MR) is 103 cm³/mol. The van der Waals surface area contributed by atoms with Crippen LogP contribution in [0, 0.1) is 19.8 Å². The molecule has 1 aliphatic heterocycles. The molecule has 1 heteroatoms. The van der Waals surface area contributed by atoms with Gasteiger partial charge in [-0.15, -0.1) is 0 Å². The maximum Gasteiger partial charge on any atom is 0.0724 e. The zero-order valence-electron chi connectivity index (χ0n) is 16.0. The van der Waals surface area contributed by atoms with E-state index in [1.807, 2.05) is 0 Å². The smallest absolute Gasteiger partial charge is 0.0724 e. The second kappa shape index (κ2) is 6.86. The van der Waals surface area contributed by atoms with Crippen molar-refractivity contribution in [1.29, 1.82) is 0 Å². The van der Waals surface area contributed by atoms with Crippen LogP contribution in [0.2, 0.25) is 0 Å². The van der Waals surface area contributed by atoms with Gasteiger partial charge >= 0.3 is 0 Å². The van der Waals surface area contributed by atoms with Gasteiger partial charge in [-0.25, -0.2) is 0 Å². The lowest BCUT2D eigenvalue weighted by Crippen LogP contribution is -2.25. The van der Waals surface area contributed by atoms with Gasteiger partial charge in [-0.05, 0) is 63.3 Å². The Kier molecular flexibility index (Phi) is 5.29. The summed E-state index contributed by atoms with van der Waals surface area (Å²) in [6, 6.07) is 4.94. The molecule has 0 saturated carbocycles. The molecule has 0 radical (unpaired) electrons. The Morgan fingerprint density at radius 2 is 1.83 bits per heavy atom. The average molecular weight is 309 g/mol. The van der Waals surface area contributed by atoms with Crippen LogP contribution in [0.15, 0.2) is 40.4 Å². The number of aliphatic imine (C=N–C) groups is 1. The average Bonchev–Trinajstić information content (AvgIpc) is 2.47. The number of hydrogen-bond acceptors (Lipinski definition) is 1. The van der Waals surface area contributed by atoms with Crippen molar-refractivity contribution in [3.05, 3.63) is 57.7 Å². The van der Waals surface area contributed by atoms with Crippen molar-refractivity contribution in [2.45, 2.75) is 67.3 Å². The summed E-state index contributed by atoms with van der Waals surface area (Å²) < 4.78 is 0. The van der Waals surface area contributed by atoms with Gasteiger partial charge in [0.05, 0.1) is 11.8 Å². The predicted octanol–water partition coefficient (Wildman–Crippen LogP) is 6.15. The lowest BCUT2D eigenvalue weighted by atomic mass is 9.79. The number of rotatable bonds is 3. The Labute approximate surface area is 142 Å². The van der Waals surface area contributed by atoms with E-state index in [0.29, 0.717) is 17.9 Å². The number of allylic oxidation sites excluding steroid dienone is 4. The second-order valence-electron chi connectivity index (χ2n) is 7.30. The molecule has 1 nitrogen and oxygen atoms in total. The van der Waals surface area contributed by atoms with E-state index in [4.69, 9.17) is 4.99 Å². The molecule has 0 N–H and O–H groups in total. The summed E-state index contributed by atoms with van der Waals surface area (Å²) >= 11 is 0. The third-order valence-corrected chi connectivity index (χ3v) is 5.18. The molecule has 0 bridgehead atoms. The van der Waals surface area contributed by atoms with Crippen LogP contribution >= 0.6 is 0 Å². The van der Waals surface area contributed by atoms with Crippen LogP contribution < -0.4 is 0 Å². The molecule has 0 aromatic heterocycles. The van der Waals surface area contributed by atoms with Crippen LogP contribution in [-0.2, 0) is 0 Å². The van der Waals surface area contributed by atoms with Crippen LogP contribution in [0.4, 0.5) is 0 Å². The maximum absolute atomic E-state index is 5.12. The molecule has 0 fully saturated rings. The van der Waals surface area contributed by atoms with Crippen molar-refractivity contribution in [3.8, 4) is 0 Å². The van der Waals surface area contributed by atoms with Crippen molar-refractivity contribution in [3.63, 3.8) is 0 Å². The molecule has 1 heterocycles. The molecule has 0 amide bonds. The summed E-state index contributed by atoms with van der Waals surface area (Å²) in [6.07, 6.45) is 4.37. The first kappa shape index (κ1) is 17.7. The van der Waals surface area contributed by atoms with Crippen LogP contribution in [0.25, 0.3) is 0 Å². The van der Waals surface area contributed by atoms with Crippen LogP contribution in [0.3, 0.4) is 0 Å². The highest BCUT2D eigenvalue weighted by molar-refractivity contribution is 6.16. The fourth-order valence-corrected chi connectivity index (χ4v) is 3.49. The molecule has 2 rings (SSSR count). The molecule has 1 aromatic rings. The number of hydrogen-bond donors (Lipinski definition) is 0. The molecule has 2 atom stereocenters. The third-order valence-electron chi connectivity index (χ3n) is 5.18. The van der Waals surface area contributed by atoms with Crippen LogP contribution in [0.1, 0.15) is 69.7 Å². The molecule has 1 aliphatic rings. The van der Waals surface area contributed by atoms with E-state index in [-0.39, 0.29) is 0 Å². The number of nitrogens with zero attached hydrogens (tertiary/aromatic N) is 1. The van der Waals surface area contributed by atoms with Crippen molar-refractivity contribution >= 4 is 5.71 Å². The SMILES string of the molecule is C/C=C\C(C1=NC(C)C(C)c2c(C)cc(C)cc21)=C(\C)C(C)C. The summed E-state index contributed by atoms with van der Waals surface area (Å²) in [4.78, 5) is 5.12. The van der Waals surface area contributed by atoms with E-state index in [1.54, 1.807) is 0 Å². The van der Waals surface area contributed by atoms with E-state index in [1.165, 1.54) is 39.1 Å². The zero-order chi connectivity index (χ0) is 17.3. The number of benzene rings is 1. The number of fused-ring (bicyclic) bond motifs is 1.